The lowest BCUT2D eigenvalue weighted by atomic mass is 9.87. The van der Waals surface area contributed by atoms with Crippen LogP contribution in [0.3, 0.4) is 0 Å². The van der Waals surface area contributed by atoms with E-state index in [2.05, 4.69) is 50.4 Å². The summed E-state index contributed by atoms with van der Waals surface area (Å²) in [6.45, 7) is 8.06. The fourth-order valence-corrected chi connectivity index (χ4v) is 2.99. The third-order valence-electron chi connectivity index (χ3n) is 4.44. The van der Waals surface area contributed by atoms with Crippen molar-refractivity contribution in [2.24, 2.45) is 0 Å². The highest BCUT2D eigenvalue weighted by molar-refractivity contribution is 5.91. The number of rotatable bonds is 5. The van der Waals surface area contributed by atoms with Crippen molar-refractivity contribution in [3.05, 3.63) is 53.6 Å². The van der Waals surface area contributed by atoms with E-state index in [-0.39, 0.29) is 18.1 Å². The fourth-order valence-electron chi connectivity index (χ4n) is 2.99. The number of hydrogen-bond acceptors (Lipinski definition) is 3. The molecule has 2 aromatic rings. The Morgan fingerprint density at radius 1 is 1.08 bits per heavy atom. The van der Waals surface area contributed by atoms with Crippen molar-refractivity contribution in [2.45, 2.75) is 32.7 Å². The minimum Gasteiger partial charge on any atom is -0.454 e. The zero-order chi connectivity index (χ0) is 18.7. The van der Waals surface area contributed by atoms with Gasteiger partial charge in [0, 0.05) is 17.3 Å². The molecule has 1 aliphatic rings. The average molecular weight is 355 g/mol. The first kappa shape index (κ1) is 18.3. The molecule has 5 nitrogen and oxygen atoms in total. The van der Waals surface area contributed by atoms with Crippen LogP contribution in [0.4, 0.5) is 5.69 Å². The summed E-state index contributed by atoms with van der Waals surface area (Å²) in [5.41, 5.74) is 3.43. The number of hydrogen-bond donors (Lipinski definition) is 2. The summed E-state index contributed by atoms with van der Waals surface area (Å²) in [5, 5.41) is 2.92. The molecule has 1 heterocycles. The van der Waals surface area contributed by atoms with Gasteiger partial charge in [0.15, 0.2) is 18.0 Å². The first-order valence-electron chi connectivity index (χ1n) is 8.91. The number of likely N-dealkylation sites (N-methyl/N-ethyl adjacent to an activating group) is 1. The number of fused-ring (bicyclic) bond motifs is 1. The van der Waals surface area contributed by atoms with Gasteiger partial charge in [-0.2, -0.15) is 0 Å². The molecule has 1 amide bonds. The van der Waals surface area contributed by atoms with Crippen LogP contribution in [0, 0.1) is 0 Å². The maximum Gasteiger partial charge on any atom is 0.279 e. The van der Waals surface area contributed by atoms with Crippen LogP contribution in [0.1, 0.15) is 31.9 Å². The van der Waals surface area contributed by atoms with Gasteiger partial charge in [-0.15, -0.1) is 0 Å². The van der Waals surface area contributed by atoms with Crippen LogP contribution in [-0.4, -0.2) is 26.3 Å². The summed E-state index contributed by atoms with van der Waals surface area (Å²) in [4.78, 5) is 13.4. The zero-order valence-corrected chi connectivity index (χ0v) is 15.9. The lowest BCUT2D eigenvalue weighted by Gasteiger charge is -2.19. The summed E-state index contributed by atoms with van der Waals surface area (Å²) in [7, 11) is 2.02. The van der Waals surface area contributed by atoms with E-state index in [1.807, 2.05) is 19.2 Å². The molecule has 3 rings (SSSR count). The van der Waals surface area contributed by atoms with Gasteiger partial charge in [-0.25, -0.2) is 0 Å². The van der Waals surface area contributed by atoms with Crippen LogP contribution >= 0.6 is 0 Å². The third kappa shape index (κ3) is 4.55. The topological polar surface area (TPSA) is 52.0 Å². The van der Waals surface area contributed by atoms with Crippen molar-refractivity contribution >= 4 is 11.6 Å². The van der Waals surface area contributed by atoms with Crippen LogP contribution in [0.2, 0.25) is 0 Å². The normalized spacial score (nSPS) is 14.2. The molecule has 2 aromatic carbocycles. The summed E-state index contributed by atoms with van der Waals surface area (Å²) >= 11 is 0. The maximum atomic E-state index is 12.3. The molecular formula is C21H27N2O3+. The predicted octanol–water partition coefficient (Wildman–Crippen LogP) is 2.37. The first-order valence-corrected chi connectivity index (χ1v) is 8.91. The Balaban J connectivity index is 1.52. The highest BCUT2D eigenvalue weighted by atomic mass is 16.7. The fraction of sp³-hybridized carbons (Fsp3) is 0.381. The van der Waals surface area contributed by atoms with Gasteiger partial charge in [-0.1, -0.05) is 45.0 Å². The van der Waals surface area contributed by atoms with Crippen LogP contribution in [0.25, 0.3) is 0 Å². The summed E-state index contributed by atoms with van der Waals surface area (Å²) < 4.78 is 10.6. The number of carbonyl (C=O) groups is 1. The van der Waals surface area contributed by atoms with Crippen molar-refractivity contribution in [2.75, 3.05) is 25.7 Å². The van der Waals surface area contributed by atoms with E-state index >= 15 is 0 Å². The molecule has 138 valence electrons. The smallest absolute Gasteiger partial charge is 0.279 e. The summed E-state index contributed by atoms with van der Waals surface area (Å²) in [6, 6.07) is 14.1. The molecule has 0 fully saturated rings. The second kappa shape index (κ2) is 7.38. The minimum atomic E-state index is -0.0207. The Morgan fingerprint density at radius 3 is 2.46 bits per heavy atom. The second-order valence-corrected chi connectivity index (χ2v) is 7.87. The second-order valence-electron chi connectivity index (χ2n) is 7.87. The van der Waals surface area contributed by atoms with Gasteiger partial charge in [-0.3, -0.25) is 4.79 Å². The maximum absolute atomic E-state index is 12.3. The molecule has 0 saturated heterocycles. The van der Waals surface area contributed by atoms with Crippen molar-refractivity contribution in [3.63, 3.8) is 0 Å². The Labute approximate surface area is 154 Å². The first-order chi connectivity index (χ1) is 12.3. The highest BCUT2D eigenvalue weighted by Crippen LogP contribution is 2.34. The van der Waals surface area contributed by atoms with E-state index < -0.39 is 0 Å². The standard InChI is InChI=1S/C21H26N2O3/c1-21(2,3)16-7-5-15(6-8-16)12-23(4)13-20(24)22-17-9-10-18-19(11-17)26-14-25-18/h5-11H,12-14H2,1-4H3,(H,22,24)/p+1. The molecule has 0 saturated carbocycles. The molecule has 0 aromatic heterocycles. The van der Waals surface area contributed by atoms with E-state index in [4.69, 9.17) is 9.47 Å². The number of benzene rings is 2. The van der Waals surface area contributed by atoms with Crippen LogP contribution in [-0.2, 0) is 16.8 Å². The number of ether oxygens (including phenoxy) is 2. The third-order valence-corrected chi connectivity index (χ3v) is 4.44. The molecule has 0 aliphatic carbocycles. The van der Waals surface area contributed by atoms with Gasteiger partial charge < -0.3 is 19.7 Å². The Kier molecular flexibility index (Phi) is 5.18. The largest absolute Gasteiger partial charge is 0.454 e. The number of quaternary nitrogens is 1. The van der Waals surface area contributed by atoms with Gasteiger partial charge in [0.1, 0.15) is 6.54 Å². The van der Waals surface area contributed by atoms with E-state index in [1.54, 1.807) is 6.07 Å². The summed E-state index contributed by atoms with van der Waals surface area (Å²) in [6.07, 6.45) is 0. The molecule has 1 unspecified atom stereocenters. The van der Waals surface area contributed by atoms with Gasteiger partial charge in [0.2, 0.25) is 6.79 Å². The number of nitrogens with one attached hydrogen (secondary N) is 2. The van der Waals surface area contributed by atoms with Crippen molar-refractivity contribution in [1.82, 2.24) is 0 Å². The lowest BCUT2D eigenvalue weighted by molar-refractivity contribution is -0.885. The SMILES string of the molecule is C[NH+](CC(=O)Nc1ccc2c(c1)OCO2)Cc1ccc(C(C)(C)C)cc1. The monoisotopic (exact) mass is 355 g/mol. The Hall–Kier alpha value is -2.53. The highest BCUT2D eigenvalue weighted by Gasteiger charge is 2.16. The van der Waals surface area contributed by atoms with E-state index in [0.29, 0.717) is 18.0 Å². The molecule has 1 aliphatic heterocycles. The van der Waals surface area contributed by atoms with Gasteiger partial charge >= 0.3 is 0 Å². The predicted molar refractivity (Wildman–Crippen MR) is 102 cm³/mol. The number of carbonyl (C=O) groups excluding carboxylic acids is 1. The van der Waals surface area contributed by atoms with Crippen molar-refractivity contribution in [3.8, 4) is 11.5 Å². The number of anilines is 1. The van der Waals surface area contributed by atoms with Crippen molar-refractivity contribution in [1.29, 1.82) is 0 Å². The molecular weight excluding hydrogens is 328 g/mol. The van der Waals surface area contributed by atoms with Crippen LogP contribution < -0.4 is 19.7 Å². The molecule has 0 bridgehead atoms. The molecule has 2 N–H and O–H groups in total. The average Bonchev–Trinajstić information content (AvgIpc) is 3.01. The number of amides is 1. The van der Waals surface area contributed by atoms with Gasteiger partial charge in [0.25, 0.3) is 5.91 Å². The molecule has 1 atom stereocenters. The van der Waals surface area contributed by atoms with Gasteiger partial charge in [0.05, 0.1) is 7.05 Å². The summed E-state index contributed by atoms with van der Waals surface area (Å²) in [5.74, 6) is 1.36. The molecule has 5 heteroatoms. The zero-order valence-electron chi connectivity index (χ0n) is 15.9. The Morgan fingerprint density at radius 2 is 1.77 bits per heavy atom. The molecule has 26 heavy (non-hydrogen) atoms. The molecule has 0 spiro atoms. The molecule has 0 radical (unpaired) electrons. The lowest BCUT2D eigenvalue weighted by Crippen LogP contribution is -3.08. The Bertz CT molecular complexity index is 779. The van der Waals surface area contributed by atoms with Crippen molar-refractivity contribution < 1.29 is 19.2 Å². The van der Waals surface area contributed by atoms with E-state index in [1.165, 1.54) is 11.1 Å². The van der Waals surface area contributed by atoms with Crippen LogP contribution in [0.15, 0.2) is 42.5 Å². The van der Waals surface area contributed by atoms with Crippen LogP contribution in [0.5, 0.6) is 11.5 Å². The van der Waals surface area contributed by atoms with E-state index in [0.717, 1.165) is 17.1 Å². The minimum absolute atomic E-state index is 0.0207. The van der Waals surface area contributed by atoms with E-state index in [9.17, 15) is 4.79 Å². The quantitative estimate of drug-likeness (QED) is 0.866. The van der Waals surface area contributed by atoms with Gasteiger partial charge in [-0.05, 0) is 23.1 Å².